The van der Waals surface area contributed by atoms with Gasteiger partial charge in [-0.05, 0) is 69.4 Å². The average Bonchev–Trinajstić information content (AvgIpc) is 3.03. The predicted molar refractivity (Wildman–Crippen MR) is 87.0 cm³/mol. The molecule has 1 aromatic rings. The van der Waals surface area contributed by atoms with Gasteiger partial charge in [-0.2, -0.15) is 0 Å². The van der Waals surface area contributed by atoms with Crippen LogP contribution in [-0.2, 0) is 6.54 Å². The quantitative estimate of drug-likeness (QED) is 0.923. The van der Waals surface area contributed by atoms with Crippen LogP contribution in [0.4, 0.5) is 0 Å². The van der Waals surface area contributed by atoms with Crippen LogP contribution in [0.1, 0.15) is 31.2 Å². The van der Waals surface area contributed by atoms with E-state index in [1.165, 1.54) is 50.9 Å². The molecule has 0 radical (unpaired) electrons. The number of halogens is 1. The van der Waals surface area contributed by atoms with Crippen molar-refractivity contribution in [2.24, 2.45) is 5.92 Å². The summed E-state index contributed by atoms with van der Waals surface area (Å²) in [6, 6.07) is 6.66. The molecule has 116 valence electrons. The van der Waals surface area contributed by atoms with Crippen molar-refractivity contribution in [1.29, 1.82) is 0 Å². The first-order chi connectivity index (χ1) is 10.3. The first-order valence-electron chi connectivity index (χ1n) is 8.04. The van der Waals surface area contributed by atoms with E-state index in [1.54, 1.807) is 7.11 Å². The van der Waals surface area contributed by atoms with Crippen molar-refractivity contribution >= 4 is 11.6 Å². The molecule has 21 heavy (non-hydrogen) atoms. The van der Waals surface area contributed by atoms with Crippen molar-refractivity contribution in [3.63, 3.8) is 0 Å². The molecule has 1 aromatic carbocycles. The molecule has 1 N–H and O–H groups in total. The summed E-state index contributed by atoms with van der Waals surface area (Å²) in [7, 11) is 1.73. The Morgan fingerprint density at radius 3 is 2.76 bits per heavy atom. The molecule has 3 rings (SSSR count). The molecule has 2 saturated heterocycles. The van der Waals surface area contributed by atoms with Crippen molar-refractivity contribution < 1.29 is 4.74 Å². The summed E-state index contributed by atoms with van der Waals surface area (Å²) in [5.41, 5.74) is 1.20. The molecule has 2 aliphatic rings. The number of ether oxygens (including phenoxy) is 1. The molecular weight excluding hydrogens is 284 g/mol. The zero-order valence-corrected chi connectivity index (χ0v) is 13.5. The van der Waals surface area contributed by atoms with Gasteiger partial charge in [0.1, 0.15) is 5.75 Å². The van der Waals surface area contributed by atoms with Crippen LogP contribution in [0.5, 0.6) is 5.75 Å². The van der Waals surface area contributed by atoms with Gasteiger partial charge in [0, 0.05) is 23.2 Å². The lowest BCUT2D eigenvalue weighted by Crippen LogP contribution is -2.40. The number of rotatable bonds is 4. The Morgan fingerprint density at radius 2 is 2.10 bits per heavy atom. The third-order valence-corrected chi connectivity index (χ3v) is 5.17. The molecule has 0 saturated carbocycles. The minimum atomic E-state index is 0.771. The number of hydrogen-bond acceptors (Lipinski definition) is 3. The number of benzene rings is 1. The lowest BCUT2D eigenvalue weighted by Gasteiger charge is -2.35. The summed E-state index contributed by atoms with van der Waals surface area (Å²) < 4.78 is 5.45. The fourth-order valence-electron chi connectivity index (χ4n) is 3.74. The Morgan fingerprint density at radius 1 is 1.29 bits per heavy atom. The molecule has 0 aromatic heterocycles. The molecule has 2 heterocycles. The van der Waals surface area contributed by atoms with E-state index in [0.29, 0.717) is 0 Å². The lowest BCUT2D eigenvalue weighted by atomic mass is 9.88. The van der Waals surface area contributed by atoms with Gasteiger partial charge in [-0.3, -0.25) is 4.90 Å². The number of piperidine rings is 1. The molecule has 2 fully saturated rings. The van der Waals surface area contributed by atoms with Crippen LogP contribution in [0.15, 0.2) is 18.2 Å². The number of nitrogens with zero attached hydrogens (tertiary/aromatic N) is 1. The smallest absolute Gasteiger partial charge is 0.123 e. The summed E-state index contributed by atoms with van der Waals surface area (Å²) >= 11 is 6.12. The maximum Gasteiger partial charge on any atom is 0.123 e. The van der Waals surface area contributed by atoms with Crippen molar-refractivity contribution in [3.05, 3.63) is 28.8 Å². The normalized spacial score (nSPS) is 24.4. The van der Waals surface area contributed by atoms with Crippen LogP contribution in [0.3, 0.4) is 0 Å². The van der Waals surface area contributed by atoms with Crippen LogP contribution in [-0.4, -0.2) is 37.7 Å². The highest BCUT2D eigenvalue weighted by Gasteiger charge is 2.28. The highest BCUT2D eigenvalue weighted by molar-refractivity contribution is 6.30. The molecule has 0 amide bonds. The summed E-state index contributed by atoms with van der Waals surface area (Å²) in [4.78, 5) is 2.53. The largest absolute Gasteiger partial charge is 0.496 e. The zero-order valence-electron chi connectivity index (χ0n) is 12.8. The topological polar surface area (TPSA) is 24.5 Å². The van der Waals surface area contributed by atoms with E-state index in [0.717, 1.165) is 29.3 Å². The van der Waals surface area contributed by atoms with Crippen molar-refractivity contribution in [2.75, 3.05) is 26.7 Å². The number of hydrogen-bond donors (Lipinski definition) is 1. The summed E-state index contributed by atoms with van der Waals surface area (Å²) in [6.07, 6.45) is 5.33. The van der Waals surface area contributed by atoms with E-state index in [9.17, 15) is 0 Å². The molecule has 1 unspecified atom stereocenters. The van der Waals surface area contributed by atoms with E-state index in [4.69, 9.17) is 16.3 Å². The molecule has 0 aliphatic carbocycles. The molecule has 0 bridgehead atoms. The minimum Gasteiger partial charge on any atom is -0.496 e. The van der Waals surface area contributed by atoms with Gasteiger partial charge in [-0.1, -0.05) is 11.6 Å². The summed E-state index contributed by atoms with van der Waals surface area (Å²) in [5, 5.41) is 4.45. The zero-order chi connectivity index (χ0) is 14.7. The van der Waals surface area contributed by atoms with E-state index >= 15 is 0 Å². The van der Waals surface area contributed by atoms with Gasteiger partial charge in [0.2, 0.25) is 0 Å². The Kier molecular flexibility index (Phi) is 5.04. The van der Waals surface area contributed by atoms with Crippen LogP contribution < -0.4 is 10.1 Å². The Balaban J connectivity index is 1.56. The molecule has 1 atom stereocenters. The van der Waals surface area contributed by atoms with Crippen LogP contribution in [0, 0.1) is 5.92 Å². The Bertz CT molecular complexity index is 466. The van der Waals surface area contributed by atoms with Crippen molar-refractivity contribution in [2.45, 2.75) is 38.3 Å². The third kappa shape index (κ3) is 3.71. The Hall–Kier alpha value is -0.770. The maximum absolute atomic E-state index is 6.12. The monoisotopic (exact) mass is 308 g/mol. The minimum absolute atomic E-state index is 0.771. The van der Waals surface area contributed by atoms with Gasteiger partial charge in [0.25, 0.3) is 0 Å². The maximum atomic E-state index is 6.12. The molecular formula is C17H25ClN2O. The highest BCUT2D eigenvalue weighted by atomic mass is 35.5. The predicted octanol–water partition coefficient (Wildman–Crippen LogP) is 3.31. The SMILES string of the molecule is COc1ccc(Cl)cc1CN1CCC(C2CCCN2)CC1. The van der Waals surface area contributed by atoms with E-state index in [-0.39, 0.29) is 0 Å². The number of nitrogens with one attached hydrogen (secondary N) is 1. The number of methoxy groups -OCH3 is 1. The molecule has 2 aliphatic heterocycles. The second-order valence-electron chi connectivity index (χ2n) is 6.27. The van der Waals surface area contributed by atoms with Gasteiger partial charge in [0.15, 0.2) is 0 Å². The molecule has 4 heteroatoms. The first kappa shape index (κ1) is 15.1. The van der Waals surface area contributed by atoms with Gasteiger partial charge in [0.05, 0.1) is 7.11 Å². The van der Waals surface area contributed by atoms with E-state index in [1.807, 2.05) is 18.2 Å². The van der Waals surface area contributed by atoms with E-state index < -0.39 is 0 Å². The van der Waals surface area contributed by atoms with Crippen LogP contribution in [0.2, 0.25) is 5.02 Å². The van der Waals surface area contributed by atoms with Gasteiger partial charge < -0.3 is 10.1 Å². The first-order valence-corrected chi connectivity index (χ1v) is 8.42. The van der Waals surface area contributed by atoms with Gasteiger partial charge >= 0.3 is 0 Å². The number of likely N-dealkylation sites (tertiary alicyclic amines) is 1. The fourth-order valence-corrected chi connectivity index (χ4v) is 3.93. The third-order valence-electron chi connectivity index (χ3n) is 4.94. The standard InChI is InChI=1S/C17H25ClN2O/c1-21-17-5-4-15(18)11-14(17)12-20-9-6-13(7-10-20)16-3-2-8-19-16/h4-5,11,13,16,19H,2-3,6-10,12H2,1H3. The van der Waals surface area contributed by atoms with Gasteiger partial charge in [-0.15, -0.1) is 0 Å². The second-order valence-corrected chi connectivity index (χ2v) is 6.71. The second kappa shape index (κ2) is 6.99. The van der Waals surface area contributed by atoms with Gasteiger partial charge in [-0.25, -0.2) is 0 Å². The van der Waals surface area contributed by atoms with Crippen LogP contribution in [0.25, 0.3) is 0 Å². The van der Waals surface area contributed by atoms with Crippen molar-refractivity contribution in [3.8, 4) is 5.75 Å². The van der Waals surface area contributed by atoms with Crippen LogP contribution >= 0.6 is 11.6 Å². The lowest BCUT2D eigenvalue weighted by molar-refractivity contribution is 0.156. The molecule has 0 spiro atoms. The summed E-state index contributed by atoms with van der Waals surface area (Å²) in [6.45, 7) is 4.51. The van der Waals surface area contributed by atoms with Crippen molar-refractivity contribution in [1.82, 2.24) is 10.2 Å². The fraction of sp³-hybridized carbons (Fsp3) is 0.647. The Labute approximate surface area is 132 Å². The molecule has 3 nitrogen and oxygen atoms in total. The average molecular weight is 309 g/mol. The summed E-state index contributed by atoms with van der Waals surface area (Å²) in [5.74, 6) is 1.81. The highest BCUT2D eigenvalue weighted by Crippen LogP contribution is 2.29. The van der Waals surface area contributed by atoms with E-state index in [2.05, 4.69) is 10.2 Å².